The first-order valence-electron chi connectivity index (χ1n) is 7.16. The number of benzene rings is 1. The van der Waals surface area contributed by atoms with Crippen LogP contribution >= 0.6 is 0 Å². The number of carbonyl (C=O) groups is 1. The van der Waals surface area contributed by atoms with E-state index >= 15 is 0 Å². The van der Waals surface area contributed by atoms with E-state index in [4.69, 9.17) is 9.47 Å². The van der Waals surface area contributed by atoms with Crippen LogP contribution in [0.25, 0.3) is 0 Å². The molecule has 0 saturated carbocycles. The van der Waals surface area contributed by atoms with E-state index < -0.39 is 0 Å². The summed E-state index contributed by atoms with van der Waals surface area (Å²) in [5.41, 5.74) is 1.01. The molecule has 20 heavy (non-hydrogen) atoms. The number of hydrogen-bond donors (Lipinski definition) is 1. The number of nitrogens with zero attached hydrogens (tertiary/aromatic N) is 1. The van der Waals surface area contributed by atoms with Crippen LogP contribution in [0.4, 0.5) is 4.79 Å². The molecule has 1 aromatic rings. The van der Waals surface area contributed by atoms with Crippen LogP contribution in [0, 0.1) is 0 Å². The molecule has 0 radical (unpaired) electrons. The summed E-state index contributed by atoms with van der Waals surface area (Å²) >= 11 is 0. The molecule has 0 aromatic heterocycles. The van der Waals surface area contributed by atoms with Crippen molar-refractivity contribution in [1.29, 1.82) is 0 Å². The number of fused-ring (bicyclic) bond motifs is 1. The Kier molecular flexibility index (Phi) is 5.09. The van der Waals surface area contributed by atoms with Crippen molar-refractivity contribution in [3.8, 4) is 11.5 Å². The number of hydrogen-bond acceptors (Lipinski definition) is 3. The highest BCUT2D eigenvalue weighted by molar-refractivity contribution is 5.74. The summed E-state index contributed by atoms with van der Waals surface area (Å²) in [7, 11) is 0. The van der Waals surface area contributed by atoms with E-state index in [9.17, 15) is 4.79 Å². The van der Waals surface area contributed by atoms with Gasteiger partial charge in [0, 0.05) is 19.6 Å². The maximum atomic E-state index is 12.1. The number of rotatable bonds is 6. The fourth-order valence-corrected chi connectivity index (χ4v) is 2.20. The molecule has 0 fully saturated rings. The Labute approximate surface area is 119 Å². The molecule has 1 aliphatic rings. The first-order valence-corrected chi connectivity index (χ1v) is 7.16. The van der Waals surface area contributed by atoms with Gasteiger partial charge in [0.2, 0.25) is 6.79 Å². The molecule has 2 amide bonds. The molecule has 1 aliphatic heterocycles. The highest BCUT2D eigenvalue weighted by atomic mass is 16.7. The summed E-state index contributed by atoms with van der Waals surface area (Å²) in [5, 5.41) is 2.95. The average molecular weight is 278 g/mol. The molecule has 0 unspecified atom stereocenters. The van der Waals surface area contributed by atoms with Crippen LogP contribution in [-0.4, -0.2) is 30.8 Å². The second-order valence-corrected chi connectivity index (χ2v) is 4.83. The van der Waals surface area contributed by atoms with Gasteiger partial charge in [0.15, 0.2) is 11.5 Å². The first kappa shape index (κ1) is 14.5. The van der Waals surface area contributed by atoms with E-state index in [1.165, 1.54) is 0 Å². The number of amides is 2. The van der Waals surface area contributed by atoms with Gasteiger partial charge in [-0.3, -0.25) is 0 Å². The molecule has 5 heteroatoms. The smallest absolute Gasteiger partial charge is 0.317 e. The fraction of sp³-hybridized carbons (Fsp3) is 0.533. The van der Waals surface area contributed by atoms with Crippen molar-refractivity contribution in [3.05, 3.63) is 23.8 Å². The van der Waals surface area contributed by atoms with Crippen LogP contribution in [0.1, 0.15) is 32.3 Å². The number of ether oxygens (including phenoxy) is 2. The summed E-state index contributed by atoms with van der Waals surface area (Å²) in [6.45, 7) is 6.51. The minimum absolute atomic E-state index is 0.00799. The second kappa shape index (κ2) is 7.03. The van der Waals surface area contributed by atoms with Gasteiger partial charge in [-0.1, -0.05) is 19.9 Å². The van der Waals surface area contributed by atoms with Gasteiger partial charge in [-0.25, -0.2) is 4.79 Å². The zero-order valence-electron chi connectivity index (χ0n) is 12.1. The highest BCUT2D eigenvalue weighted by Gasteiger charge is 2.14. The van der Waals surface area contributed by atoms with E-state index in [1.54, 1.807) is 0 Å². The molecule has 5 nitrogen and oxygen atoms in total. The molecular formula is C15H22N2O3. The Morgan fingerprint density at radius 2 is 1.90 bits per heavy atom. The third kappa shape index (κ3) is 3.56. The van der Waals surface area contributed by atoms with E-state index in [0.717, 1.165) is 43.0 Å². The monoisotopic (exact) mass is 278 g/mol. The molecule has 1 N–H and O–H groups in total. The summed E-state index contributed by atoms with van der Waals surface area (Å²) < 4.78 is 10.6. The zero-order valence-corrected chi connectivity index (χ0v) is 12.1. The normalized spacial score (nSPS) is 12.3. The predicted octanol–water partition coefficient (Wildman–Crippen LogP) is 2.75. The minimum atomic E-state index is -0.00799. The lowest BCUT2D eigenvalue weighted by atomic mass is 10.2. The largest absolute Gasteiger partial charge is 0.454 e. The molecule has 2 rings (SSSR count). The standard InChI is InChI=1S/C15H22N2O3/c1-3-7-17(8-4-2)15(18)16-10-12-5-6-13-14(9-12)20-11-19-13/h5-6,9H,3-4,7-8,10-11H2,1-2H3,(H,16,18). The Balaban J connectivity index is 1.89. The number of carbonyl (C=O) groups excluding carboxylic acids is 1. The molecule has 1 heterocycles. The lowest BCUT2D eigenvalue weighted by molar-refractivity contribution is 0.174. The summed E-state index contributed by atoms with van der Waals surface area (Å²) in [6.07, 6.45) is 1.94. The molecule has 0 spiro atoms. The predicted molar refractivity (Wildman–Crippen MR) is 77.0 cm³/mol. The quantitative estimate of drug-likeness (QED) is 0.870. The molecule has 0 aliphatic carbocycles. The zero-order chi connectivity index (χ0) is 14.4. The fourth-order valence-electron chi connectivity index (χ4n) is 2.20. The lowest BCUT2D eigenvalue weighted by Crippen LogP contribution is -2.40. The highest BCUT2D eigenvalue weighted by Crippen LogP contribution is 2.32. The van der Waals surface area contributed by atoms with Crippen LogP contribution in [0.15, 0.2) is 18.2 Å². The summed E-state index contributed by atoms with van der Waals surface area (Å²) in [5.74, 6) is 1.51. The van der Waals surface area contributed by atoms with Gasteiger partial charge in [-0.15, -0.1) is 0 Å². The Morgan fingerprint density at radius 3 is 2.60 bits per heavy atom. The van der Waals surface area contributed by atoms with Gasteiger partial charge >= 0.3 is 6.03 Å². The van der Waals surface area contributed by atoms with Gasteiger partial charge in [0.1, 0.15) is 0 Å². The third-order valence-corrected chi connectivity index (χ3v) is 3.15. The molecule has 0 atom stereocenters. The Morgan fingerprint density at radius 1 is 1.20 bits per heavy atom. The van der Waals surface area contributed by atoms with Gasteiger partial charge in [-0.05, 0) is 30.5 Å². The van der Waals surface area contributed by atoms with Gasteiger partial charge in [0.25, 0.3) is 0 Å². The van der Waals surface area contributed by atoms with Crippen molar-refractivity contribution in [2.24, 2.45) is 0 Å². The molecule has 0 bridgehead atoms. The minimum Gasteiger partial charge on any atom is -0.454 e. The van der Waals surface area contributed by atoms with E-state index in [2.05, 4.69) is 19.2 Å². The van der Waals surface area contributed by atoms with Gasteiger partial charge < -0.3 is 19.7 Å². The second-order valence-electron chi connectivity index (χ2n) is 4.83. The van der Waals surface area contributed by atoms with Crippen LogP contribution in [0.5, 0.6) is 11.5 Å². The average Bonchev–Trinajstić information content (AvgIpc) is 2.92. The van der Waals surface area contributed by atoms with Crippen molar-refractivity contribution in [3.63, 3.8) is 0 Å². The Hall–Kier alpha value is -1.91. The topological polar surface area (TPSA) is 50.8 Å². The van der Waals surface area contributed by atoms with Crippen LogP contribution < -0.4 is 14.8 Å². The first-order chi connectivity index (χ1) is 9.74. The molecule has 1 aromatic carbocycles. The summed E-state index contributed by atoms with van der Waals surface area (Å²) in [6, 6.07) is 5.72. The van der Waals surface area contributed by atoms with Crippen molar-refractivity contribution < 1.29 is 14.3 Å². The van der Waals surface area contributed by atoms with Crippen molar-refractivity contribution in [2.45, 2.75) is 33.2 Å². The molecule has 110 valence electrons. The maximum Gasteiger partial charge on any atom is 0.317 e. The molecule has 0 saturated heterocycles. The third-order valence-electron chi connectivity index (χ3n) is 3.15. The van der Waals surface area contributed by atoms with Crippen LogP contribution in [0.2, 0.25) is 0 Å². The van der Waals surface area contributed by atoms with Crippen LogP contribution in [0.3, 0.4) is 0 Å². The van der Waals surface area contributed by atoms with Crippen LogP contribution in [-0.2, 0) is 6.54 Å². The number of urea groups is 1. The maximum absolute atomic E-state index is 12.1. The summed E-state index contributed by atoms with van der Waals surface area (Å²) in [4.78, 5) is 13.9. The lowest BCUT2D eigenvalue weighted by Gasteiger charge is -2.21. The van der Waals surface area contributed by atoms with E-state index in [1.807, 2.05) is 23.1 Å². The van der Waals surface area contributed by atoms with Crippen molar-refractivity contribution in [1.82, 2.24) is 10.2 Å². The van der Waals surface area contributed by atoms with Gasteiger partial charge in [-0.2, -0.15) is 0 Å². The SMILES string of the molecule is CCCN(CCC)C(=O)NCc1ccc2c(c1)OCO2. The number of nitrogens with one attached hydrogen (secondary N) is 1. The van der Waals surface area contributed by atoms with Crippen molar-refractivity contribution >= 4 is 6.03 Å². The Bertz CT molecular complexity index is 456. The van der Waals surface area contributed by atoms with Crippen molar-refractivity contribution in [2.75, 3.05) is 19.9 Å². The van der Waals surface area contributed by atoms with Gasteiger partial charge in [0.05, 0.1) is 0 Å². The van der Waals surface area contributed by atoms with E-state index in [0.29, 0.717) is 6.54 Å². The van der Waals surface area contributed by atoms with E-state index in [-0.39, 0.29) is 12.8 Å². The molecular weight excluding hydrogens is 256 g/mol.